The van der Waals surface area contributed by atoms with E-state index in [1.165, 1.54) is 17.7 Å². The van der Waals surface area contributed by atoms with E-state index in [1.807, 2.05) is 18.2 Å². The predicted molar refractivity (Wildman–Crippen MR) is 87.1 cm³/mol. The number of hydrogen-bond acceptors (Lipinski definition) is 5. The average molecular weight is 368 g/mol. The van der Waals surface area contributed by atoms with Gasteiger partial charge in [-0.25, -0.2) is 0 Å². The van der Waals surface area contributed by atoms with Gasteiger partial charge < -0.3 is 9.84 Å². The maximum atomic E-state index is 5.44. The summed E-state index contributed by atoms with van der Waals surface area (Å²) in [6.07, 6.45) is 2.43. The van der Waals surface area contributed by atoms with Crippen LogP contribution in [0.15, 0.2) is 38.2 Å². The summed E-state index contributed by atoms with van der Waals surface area (Å²) in [5.74, 6) is 2.74. The Kier molecular flexibility index (Phi) is 4.98. The van der Waals surface area contributed by atoms with Crippen molar-refractivity contribution in [2.75, 3.05) is 6.54 Å². The van der Waals surface area contributed by atoms with Crippen LogP contribution >= 0.6 is 27.7 Å². The minimum atomic E-state index is 0.202. The van der Waals surface area contributed by atoms with Crippen LogP contribution < -0.4 is 5.32 Å². The number of benzene rings is 1. The molecule has 1 fully saturated rings. The Bertz CT molecular complexity index is 604. The summed E-state index contributed by atoms with van der Waals surface area (Å²) in [7, 11) is 0. The molecule has 2 aromatic rings. The van der Waals surface area contributed by atoms with Gasteiger partial charge in [-0.2, -0.15) is 4.98 Å². The van der Waals surface area contributed by atoms with Crippen molar-refractivity contribution in [2.45, 2.75) is 36.5 Å². The van der Waals surface area contributed by atoms with Crippen molar-refractivity contribution in [2.24, 2.45) is 5.92 Å². The summed E-state index contributed by atoms with van der Waals surface area (Å²) in [6.45, 7) is 3.26. The summed E-state index contributed by atoms with van der Waals surface area (Å²) in [5.41, 5.74) is 0. The minimum Gasteiger partial charge on any atom is -0.338 e. The number of piperidine rings is 1. The molecule has 1 N–H and O–H groups in total. The van der Waals surface area contributed by atoms with Gasteiger partial charge >= 0.3 is 0 Å². The Morgan fingerprint density at radius 1 is 1.43 bits per heavy atom. The second-order valence-corrected chi connectivity index (χ2v) is 7.19. The molecule has 1 aliphatic heterocycles. The Morgan fingerprint density at radius 3 is 3.10 bits per heavy atom. The van der Waals surface area contributed by atoms with Crippen LogP contribution in [-0.4, -0.2) is 16.7 Å². The predicted octanol–water partition coefficient (Wildman–Crippen LogP) is 4.19. The first-order chi connectivity index (χ1) is 10.2. The van der Waals surface area contributed by atoms with Gasteiger partial charge in [0.25, 0.3) is 0 Å². The molecular weight excluding hydrogens is 350 g/mol. The van der Waals surface area contributed by atoms with E-state index in [-0.39, 0.29) is 6.04 Å². The monoisotopic (exact) mass is 367 g/mol. The fourth-order valence-corrected chi connectivity index (χ4v) is 3.95. The van der Waals surface area contributed by atoms with Crippen molar-refractivity contribution < 1.29 is 4.52 Å². The van der Waals surface area contributed by atoms with Crippen molar-refractivity contribution in [3.05, 3.63) is 40.5 Å². The largest absolute Gasteiger partial charge is 0.338 e. The first-order valence-electron chi connectivity index (χ1n) is 7.17. The van der Waals surface area contributed by atoms with Gasteiger partial charge in [0.1, 0.15) is 0 Å². The first kappa shape index (κ1) is 15.1. The molecule has 0 spiro atoms. The van der Waals surface area contributed by atoms with E-state index in [9.17, 15) is 0 Å². The number of hydrogen-bond donors (Lipinski definition) is 1. The molecule has 0 saturated carbocycles. The smallest absolute Gasteiger partial charge is 0.244 e. The molecule has 3 rings (SSSR count). The molecular formula is C15H18BrN3OS. The van der Waals surface area contributed by atoms with Crippen LogP contribution in [0.25, 0.3) is 0 Å². The number of nitrogens with zero attached hydrogens (tertiary/aromatic N) is 2. The minimum absolute atomic E-state index is 0.202. The Hall–Kier alpha value is -0.850. The van der Waals surface area contributed by atoms with Crippen molar-refractivity contribution in [1.29, 1.82) is 0 Å². The number of thioether (sulfide) groups is 1. The zero-order valence-electron chi connectivity index (χ0n) is 11.9. The number of halogens is 1. The first-order valence-corrected chi connectivity index (χ1v) is 8.95. The molecule has 21 heavy (non-hydrogen) atoms. The second-order valence-electron chi connectivity index (χ2n) is 5.32. The van der Waals surface area contributed by atoms with Gasteiger partial charge in [-0.15, -0.1) is 11.8 Å². The molecule has 1 aromatic carbocycles. The standard InChI is InChI=1S/C15H18BrN3OS/c1-10-5-4-8-17-14(10)15-18-13(19-20-15)9-21-12-7-3-2-6-11(12)16/h2-3,6-7,10,14,17H,4-5,8-9H2,1H3. The van der Waals surface area contributed by atoms with Gasteiger partial charge in [-0.1, -0.05) is 24.2 Å². The third-order valence-electron chi connectivity index (χ3n) is 3.71. The average Bonchev–Trinajstić information content (AvgIpc) is 2.96. The van der Waals surface area contributed by atoms with Crippen LogP contribution in [0.2, 0.25) is 0 Å². The van der Waals surface area contributed by atoms with Crippen LogP contribution in [0.1, 0.15) is 37.5 Å². The lowest BCUT2D eigenvalue weighted by Crippen LogP contribution is -2.33. The summed E-state index contributed by atoms with van der Waals surface area (Å²) >= 11 is 5.26. The zero-order valence-corrected chi connectivity index (χ0v) is 14.3. The molecule has 112 valence electrons. The second kappa shape index (κ2) is 6.94. The van der Waals surface area contributed by atoms with E-state index in [0.29, 0.717) is 11.7 Å². The fourth-order valence-electron chi connectivity index (χ4n) is 2.54. The van der Waals surface area contributed by atoms with Crippen molar-refractivity contribution in [3.63, 3.8) is 0 Å². The Labute approximate surface area is 137 Å². The topological polar surface area (TPSA) is 51.0 Å². The van der Waals surface area contributed by atoms with E-state index >= 15 is 0 Å². The third-order valence-corrected chi connectivity index (χ3v) is 5.74. The quantitative estimate of drug-likeness (QED) is 0.821. The van der Waals surface area contributed by atoms with Crippen molar-refractivity contribution >= 4 is 27.7 Å². The number of aromatic nitrogens is 2. The molecule has 2 atom stereocenters. The molecule has 0 amide bonds. The van der Waals surface area contributed by atoms with E-state index in [4.69, 9.17) is 4.52 Å². The van der Waals surface area contributed by atoms with Gasteiger partial charge in [-0.3, -0.25) is 0 Å². The van der Waals surface area contributed by atoms with Crippen LogP contribution in [-0.2, 0) is 5.75 Å². The summed E-state index contributed by atoms with van der Waals surface area (Å²) in [4.78, 5) is 5.74. The highest BCUT2D eigenvalue weighted by molar-refractivity contribution is 9.10. The third kappa shape index (κ3) is 3.67. The van der Waals surface area contributed by atoms with Crippen LogP contribution in [0, 0.1) is 5.92 Å². The highest BCUT2D eigenvalue weighted by Crippen LogP contribution is 2.31. The van der Waals surface area contributed by atoms with Gasteiger partial charge in [0.15, 0.2) is 5.82 Å². The number of rotatable bonds is 4. The molecule has 0 aliphatic carbocycles. The lowest BCUT2D eigenvalue weighted by molar-refractivity contribution is 0.239. The number of nitrogens with one attached hydrogen (secondary N) is 1. The van der Waals surface area contributed by atoms with Crippen molar-refractivity contribution in [1.82, 2.24) is 15.5 Å². The van der Waals surface area contributed by atoms with E-state index in [1.54, 1.807) is 11.8 Å². The van der Waals surface area contributed by atoms with E-state index in [2.05, 4.69) is 44.4 Å². The maximum Gasteiger partial charge on any atom is 0.244 e. The van der Waals surface area contributed by atoms with E-state index in [0.717, 1.165) is 22.7 Å². The normalized spacial score (nSPS) is 22.4. The fraction of sp³-hybridized carbons (Fsp3) is 0.467. The van der Waals surface area contributed by atoms with Crippen molar-refractivity contribution in [3.8, 4) is 0 Å². The Balaban J connectivity index is 1.64. The molecule has 0 radical (unpaired) electrons. The van der Waals surface area contributed by atoms with Crippen LogP contribution in [0.4, 0.5) is 0 Å². The SMILES string of the molecule is CC1CCCNC1c1nc(CSc2ccccc2Br)no1. The molecule has 0 bridgehead atoms. The molecule has 4 nitrogen and oxygen atoms in total. The molecule has 1 aliphatic rings. The lowest BCUT2D eigenvalue weighted by atomic mass is 9.93. The molecule has 1 saturated heterocycles. The molecule has 1 aromatic heterocycles. The summed E-state index contributed by atoms with van der Waals surface area (Å²) < 4.78 is 6.54. The summed E-state index contributed by atoms with van der Waals surface area (Å²) in [5, 5.41) is 7.58. The highest BCUT2D eigenvalue weighted by atomic mass is 79.9. The molecule has 6 heteroatoms. The summed E-state index contributed by atoms with van der Waals surface area (Å²) in [6, 6.07) is 8.37. The van der Waals surface area contributed by atoms with E-state index < -0.39 is 0 Å². The van der Waals surface area contributed by atoms with Gasteiger partial charge in [-0.05, 0) is 53.4 Å². The van der Waals surface area contributed by atoms with Crippen LogP contribution in [0.5, 0.6) is 0 Å². The maximum absolute atomic E-state index is 5.44. The highest BCUT2D eigenvalue weighted by Gasteiger charge is 2.27. The molecule has 2 unspecified atom stereocenters. The Morgan fingerprint density at radius 2 is 2.29 bits per heavy atom. The van der Waals surface area contributed by atoms with Gasteiger partial charge in [0, 0.05) is 9.37 Å². The molecule has 2 heterocycles. The lowest BCUT2D eigenvalue weighted by Gasteiger charge is -2.26. The van der Waals surface area contributed by atoms with Crippen LogP contribution in [0.3, 0.4) is 0 Å². The van der Waals surface area contributed by atoms with Gasteiger partial charge in [0.2, 0.25) is 5.89 Å². The zero-order chi connectivity index (χ0) is 14.7. The van der Waals surface area contributed by atoms with Gasteiger partial charge in [0.05, 0.1) is 11.8 Å².